The minimum absolute atomic E-state index is 0.0581. The van der Waals surface area contributed by atoms with Crippen molar-refractivity contribution in [3.63, 3.8) is 0 Å². The number of morpholine rings is 1. The summed E-state index contributed by atoms with van der Waals surface area (Å²) in [7, 11) is 0. The highest BCUT2D eigenvalue weighted by atomic mass is 19.4. The average Bonchev–Trinajstić information content (AvgIpc) is 3.01. The topological polar surface area (TPSA) is 42.7 Å². The molecule has 0 saturated carbocycles. The Bertz CT molecular complexity index is 945. The molecule has 1 aromatic carbocycles. The molecule has 0 spiro atoms. The fourth-order valence-corrected chi connectivity index (χ4v) is 3.20. The Morgan fingerprint density at radius 2 is 1.85 bits per heavy atom. The Kier molecular flexibility index (Phi) is 4.07. The maximum Gasteiger partial charge on any atom is 0.417 e. The second-order valence-corrected chi connectivity index (χ2v) is 6.21. The van der Waals surface area contributed by atoms with Crippen LogP contribution in [-0.4, -0.2) is 40.9 Å². The monoisotopic (exact) mass is 362 g/mol. The van der Waals surface area contributed by atoms with Crippen molar-refractivity contribution in [2.45, 2.75) is 13.1 Å². The average molecular weight is 362 g/mol. The lowest BCUT2D eigenvalue weighted by molar-refractivity contribution is -0.137. The molecule has 8 heteroatoms. The van der Waals surface area contributed by atoms with Crippen LogP contribution in [0.25, 0.3) is 16.9 Å². The lowest BCUT2D eigenvalue weighted by Crippen LogP contribution is -2.36. The molecule has 4 rings (SSSR count). The third kappa shape index (κ3) is 3.01. The third-order valence-corrected chi connectivity index (χ3v) is 4.39. The van der Waals surface area contributed by atoms with E-state index in [1.165, 1.54) is 12.1 Å². The number of benzene rings is 1. The fourth-order valence-electron chi connectivity index (χ4n) is 3.20. The van der Waals surface area contributed by atoms with Gasteiger partial charge in [0.15, 0.2) is 5.65 Å². The normalized spacial score (nSPS) is 15.6. The number of alkyl halides is 3. The van der Waals surface area contributed by atoms with Crippen molar-refractivity contribution in [2.75, 3.05) is 31.2 Å². The molecule has 2 aromatic heterocycles. The van der Waals surface area contributed by atoms with E-state index in [4.69, 9.17) is 4.74 Å². The number of aryl methyl sites for hydroxylation is 1. The van der Waals surface area contributed by atoms with E-state index < -0.39 is 11.7 Å². The molecule has 1 aliphatic heterocycles. The van der Waals surface area contributed by atoms with E-state index >= 15 is 0 Å². The summed E-state index contributed by atoms with van der Waals surface area (Å²) in [6, 6.07) is 7.19. The molecule has 0 radical (unpaired) electrons. The standard InChI is InChI=1S/C18H17F3N4O/c1-12-11-25-17(22-12)16(24-6-8-26-9-7-24)10-15(23-25)13-4-2-3-5-14(13)18(19,20)21/h2-5,10-11H,6-9H2,1H3. The predicted molar refractivity (Wildman–Crippen MR) is 91.2 cm³/mol. The van der Waals surface area contributed by atoms with Crippen molar-refractivity contribution in [2.24, 2.45) is 0 Å². The van der Waals surface area contributed by atoms with Gasteiger partial charge in [0.1, 0.15) is 0 Å². The number of aromatic nitrogens is 3. The van der Waals surface area contributed by atoms with Gasteiger partial charge in [0, 0.05) is 18.7 Å². The first-order valence-corrected chi connectivity index (χ1v) is 8.30. The predicted octanol–water partition coefficient (Wildman–Crippen LogP) is 3.56. The first-order valence-electron chi connectivity index (χ1n) is 8.30. The second-order valence-electron chi connectivity index (χ2n) is 6.21. The Morgan fingerprint density at radius 3 is 2.58 bits per heavy atom. The molecule has 3 heterocycles. The molecular weight excluding hydrogens is 345 g/mol. The molecule has 26 heavy (non-hydrogen) atoms. The lowest BCUT2D eigenvalue weighted by Gasteiger charge is -2.29. The molecule has 136 valence electrons. The van der Waals surface area contributed by atoms with Gasteiger partial charge in [-0.2, -0.15) is 18.3 Å². The van der Waals surface area contributed by atoms with Crippen molar-refractivity contribution in [3.8, 4) is 11.3 Å². The summed E-state index contributed by atoms with van der Waals surface area (Å²) in [4.78, 5) is 6.57. The summed E-state index contributed by atoms with van der Waals surface area (Å²) in [6.07, 6.45) is -2.73. The smallest absolute Gasteiger partial charge is 0.378 e. The minimum Gasteiger partial charge on any atom is -0.378 e. The third-order valence-electron chi connectivity index (χ3n) is 4.39. The molecule has 3 aromatic rings. The van der Waals surface area contributed by atoms with Crippen LogP contribution >= 0.6 is 0 Å². The summed E-state index contributed by atoms with van der Waals surface area (Å²) in [5.74, 6) is 0. The van der Waals surface area contributed by atoms with Crippen LogP contribution in [-0.2, 0) is 10.9 Å². The molecule has 1 fully saturated rings. The van der Waals surface area contributed by atoms with Crippen LogP contribution in [0.3, 0.4) is 0 Å². The van der Waals surface area contributed by atoms with E-state index in [1.807, 2.05) is 6.92 Å². The maximum absolute atomic E-state index is 13.4. The van der Waals surface area contributed by atoms with Crippen LogP contribution in [0.15, 0.2) is 36.5 Å². The van der Waals surface area contributed by atoms with Crippen molar-refractivity contribution in [1.29, 1.82) is 0 Å². The molecule has 5 nitrogen and oxygen atoms in total. The van der Waals surface area contributed by atoms with E-state index in [0.717, 1.165) is 17.4 Å². The number of hydrogen-bond acceptors (Lipinski definition) is 4. The Hall–Kier alpha value is -2.61. The zero-order valence-corrected chi connectivity index (χ0v) is 14.1. The van der Waals surface area contributed by atoms with Gasteiger partial charge in [-0.1, -0.05) is 18.2 Å². The number of ether oxygens (including phenoxy) is 1. The van der Waals surface area contributed by atoms with Crippen LogP contribution in [0.4, 0.5) is 18.9 Å². The molecule has 0 aliphatic carbocycles. The summed E-state index contributed by atoms with van der Waals surface area (Å²) in [5.41, 5.74) is 1.79. The molecule has 0 amide bonds. The molecule has 0 bridgehead atoms. The van der Waals surface area contributed by atoms with E-state index in [0.29, 0.717) is 32.0 Å². The van der Waals surface area contributed by atoms with Gasteiger partial charge in [-0.3, -0.25) is 0 Å². The summed E-state index contributed by atoms with van der Waals surface area (Å²) in [6.45, 7) is 4.30. The van der Waals surface area contributed by atoms with Crippen molar-refractivity contribution >= 4 is 11.3 Å². The van der Waals surface area contributed by atoms with E-state index in [-0.39, 0.29) is 11.3 Å². The zero-order valence-electron chi connectivity index (χ0n) is 14.1. The van der Waals surface area contributed by atoms with Crippen LogP contribution in [0.5, 0.6) is 0 Å². The highest BCUT2D eigenvalue weighted by molar-refractivity contribution is 5.76. The summed E-state index contributed by atoms with van der Waals surface area (Å²) >= 11 is 0. The van der Waals surface area contributed by atoms with Crippen LogP contribution in [0, 0.1) is 6.92 Å². The number of nitrogens with zero attached hydrogens (tertiary/aromatic N) is 4. The van der Waals surface area contributed by atoms with Gasteiger partial charge in [-0.25, -0.2) is 9.50 Å². The van der Waals surface area contributed by atoms with Gasteiger partial charge in [0.05, 0.1) is 42.0 Å². The maximum atomic E-state index is 13.4. The summed E-state index contributed by atoms with van der Waals surface area (Å²) in [5, 5.41) is 4.39. The number of halogens is 3. The number of hydrogen-bond donors (Lipinski definition) is 0. The molecule has 0 unspecified atom stereocenters. The Morgan fingerprint density at radius 1 is 1.12 bits per heavy atom. The zero-order chi connectivity index (χ0) is 18.3. The van der Waals surface area contributed by atoms with Gasteiger partial charge < -0.3 is 9.64 Å². The molecule has 1 saturated heterocycles. The second kappa shape index (κ2) is 6.28. The Balaban J connectivity index is 1.92. The first kappa shape index (κ1) is 16.8. The molecule has 0 atom stereocenters. The van der Waals surface area contributed by atoms with Gasteiger partial charge in [0.25, 0.3) is 0 Å². The number of imidazole rings is 1. The quantitative estimate of drug-likeness (QED) is 0.699. The molecule has 1 aliphatic rings. The summed E-state index contributed by atoms with van der Waals surface area (Å²) < 4.78 is 47.2. The molecular formula is C18H17F3N4O. The van der Waals surface area contributed by atoms with Crippen molar-refractivity contribution in [1.82, 2.24) is 14.6 Å². The highest BCUT2D eigenvalue weighted by Crippen LogP contribution is 2.37. The lowest BCUT2D eigenvalue weighted by atomic mass is 10.0. The van der Waals surface area contributed by atoms with Crippen LogP contribution < -0.4 is 4.90 Å². The SMILES string of the molecule is Cc1cn2nc(-c3ccccc3C(F)(F)F)cc(N3CCOCC3)c2n1. The van der Waals surface area contributed by atoms with Crippen molar-refractivity contribution in [3.05, 3.63) is 47.8 Å². The van der Waals surface area contributed by atoms with Gasteiger partial charge in [-0.15, -0.1) is 0 Å². The van der Waals surface area contributed by atoms with Crippen LogP contribution in [0.2, 0.25) is 0 Å². The van der Waals surface area contributed by atoms with Gasteiger partial charge in [-0.05, 0) is 19.1 Å². The minimum atomic E-state index is -4.45. The highest BCUT2D eigenvalue weighted by Gasteiger charge is 2.34. The molecule has 0 N–H and O–H groups in total. The number of fused-ring (bicyclic) bond motifs is 1. The van der Waals surface area contributed by atoms with E-state index in [2.05, 4.69) is 15.0 Å². The largest absolute Gasteiger partial charge is 0.417 e. The van der Waals surface area contributed by atoms with Crippen LogP contribution in [0.1, 0.15) is 11.3 Å². The number of anilines is 1. The first-order chi connectivity index (χ1) is 12.4. The van der Waals surface area contributed by atoms with Crippen molar-refractivity contribution < 1.29 is 17.9 Å². The van der Waals surface area contributed by atoms with E-state index in [9.17, 15) is 13.2 Å². The van der Waals surface area contributed by atoms with E-state index in [1.54, 1.807) is 22.8 Å². The fraction of sp³-hybridized carbons (Fsp3) is 0.333. The Labute approximate surface area is 148 Å². The number of rotatable bonds is 2. The van der Waals surface area contributed by atoms with Gasteiger partial charge >= 0.3 is 6.18 Å². The van der Waals surface area contributed by atoms with Gasteiger partial charge in [0.2, 0.25) is 0 Å².